The molecular formula is C56H101NO8P+. The van der Waals surface area contributed by atoms with Gasteiger partial charge in [0.1, 0.15) is 19.8 Å². The van der Waals surface area contributed by atoms with E-state index in [4.69, 9.17) is 18.5 Å². The summed E-state index contributed by atoms with van der Waals surface area (Å²) in [6.07, 6.45) is 61.2. The van der Waals surface area contributed by atoms with Gasteiger partial charge in [-0.25, -0.2) is 4.57 Å². The Labute approximate surface area is 406 Å². The Hall–Kier alpha value is -2.55. The molecule has 0 heterocycles. The van der Waals surface area contributed by atoms with Crippen molar-refractivity contribution in [2.75, 3.05) is 47.5 Å². The molecule has 0 aliphatic rings. The first-order valence-corrected chi connectivity index (χ1v) is 28.2. The van der Waals surface area contributed by atoms with Gasteiger partial charge < -0.3 is 18.9 Å². The van der Waals surface area contributed by atoms with Crippen LogP contribution in [0, 0.1) is 0 Å². The Bertz CT molecular complexity index is 1350. The van der Waals surface area contributed by atoms with Crippen molar-refractivity contribution >= 4 is 19.8 Å². The largest absolute Gasteiger partial charge is 0.472 e. The van der Waals surface area contributed by atoms with Gasteiger partial charge in [0.05, 0.1) is 27.7 Å². The smallest absolute Gasteiger partial charge is 0.462 e. The van der Waals surface area contributed by atoms with E-state index >= 15 is 0 Å². The normalized spacial score (nSPS) is 14.0. The van der Waals surface area contributed by atoms with Crippen molar-refractivity contribution in [3.8, 4) is 0 Å². The van der Waals surface area contributed by atoms with Gasteiger partial charge in [-0.3, -0.25) is 18.6 Å². The van der Waals surface area contributed by atoms with E-state index in [9.17, 15) is 19.0 Å². The highest BCUT2D eigenvalue weighted by molar-refractivity contribution is 7.47. The predicted molar refractivity (Wildman–Crippen MR) is 279 cm³/mol. The molecule has 0 bridgehead atoms. The zero-order valence-corrected chi connectivity index (χ0v) is 44.1. The van der Waals surface area contributed by atoms with E-state index in [0.717, 1.165) is 70.6 Å². The van der Waals surface area contributed by atoms with Crippen molar-refractivity contribution in [2.45, 2.75) is 225 Å². The Morgan fingerprint density at radius 2 is 0.864 bits per heavy atom. The maximum absolute atomic E-state index is 12.8. The number of hydrogen-bond donors (Lipinski definition) is 1. The van der Waals surface area contributed by atoms with Crippen LogP contribution in [0.5, 0.6) is 0 Å². The average molecular weight is 947 g/mol. The van der Waals surface area contributed by atoms with Crippen LogP contribution in [0.1, 0.15) is 219 Å². The zero-order chi connectivity index (χ0) is 48.5. The number of phosphoric acid groups is 1. The maximum Gasteiger partial charge on any atom is 0.472 e. The minimum atomic E-state index is -4.39. The third-order valence-corrected chi connectivity index (χ3v) is 12.2. The summed E-state index contributed by atoms with van der Waals surface area (Å²) >= 11 is 0. The number of carbonyl (C=O) groups is 2. The fourth-order valence-electron chi connectivity index (χ4n) is 7.09. The number of ether oxygens (including phenoxy) is 2. The van der Waals surface area contributed by atoms with Crippen LogP contribution in [0.2, 0.25) is 0 Å². The third-order valence-electron chi connectivity index (χ3n) is 11.2. The first kappa shape index (κ1) is 63.5. The topological polar surface area (TPSA) is 108 Å². The van der Waals surface area contributed by atoms with E-state index in [-0.39, 0.29) is 26.1 Å². The number of likely N-dealkylation sites (N-methyl/N-ethyl adjacent to an activating group) is 1. The summed E-state index contributed by atoms with van der Waals surface area (Å²) in [4.78, 5) is 35.5. The second-order valence-electron chi connectivity index (χ2n) is 18.9. The van der Waals surface area contributed by atoms with Crippen LogP contribution in [-0.2, 0) is 32.7 Å². The lowest BCUT2D eigenvalue weighted by Crippen LogP contribution is -2.37. The number of quaternary nitrogens is 1. The lowest BCUT2D eigenvalue weighted by atomic mass is 10.0. The molecule has 0 aromatic carbocycles. The minimum Gasteiger partial charge on any atom is -0.462 e. The molecule has 1 N–H and O–H groups in total. The van der Waals surface area contributed by atoms with Gasteiger partial charge in [0.25, 0.3) is 0 Å². The van der Waals surface area contributed by atoms with Crippen molar-refractivity contribution in [1.82, 2.24) is 0 Å². The van der Waals surface area contributed by atoms with Crippen molar-refractivity contribution in [1.29, 1.82) is 0 Å². The van der Waals surface area contributed by atoms with Crippen LogP contribution in [0.25, 0.3) is 0 Å². The SMILES string of the molecule is CC/C=C\C/C=C\C/C=C\CCCCCC(=O)OCC(COP(=O)(O)OCC[N+](C)(C)C)OC(=O)CCCCCCCCCCCCCCCC/C=C\C/C=C\C/C=C\CCCCCCC. The monoisotopic (exact) mass is 947 g/mol. The Morgan fingerprint density at radius 1 is 0.485 bits per heavy atom. The number of unbranched alkanes of at least 4 members (excludes halogenated alkanes) is 22. The van der Waals surface area contributed by atoms with Crippen LogP contribution in [0.4, 0.5) is 0 Å². The molecule has 0 aliphatic heterocycles. The van der Waals surface area contributed by atoms with E-state index in [1.165, 1.54) is 109 Å². The van der Waals surface area contributed by atoms with Gasteiger partial charge in [0.2, 0.25) is 0 Å². The standard InChI is InChI=1S/C56H100NO8P/c1-6-8-10-12-14-16-18-20-21-22-23-24-25-26-27-28-29-30-31-32-33-34-35-37-39-41-43-45-47-49-56(59)65-54(53-64-66(60,61)63-51-50-57(3,4)5)52-62-55(58)48-46-44-42-40-38-36-19-17-15-13-11-9-7-2/h9,11,15,17-18,20,22-23,25-26,36,38,54H,6-8,10,12-14,16,19,21,24,27-35,37,39-53H2,1-5H3/p+1/b11-9-,17-15-,20-18-,23-22-,26-25-,38-36-. The summed E-state index contributed by atoms with van der Waals surface area (Å²) in [5.41, 5.74) is 0. The van der Waals surface area contributed by atoms with Gasteiger partial charge in [-0.2, -0.15) is 0 Å². The molecule has 0 aromatic heterocycles. The number of esters is 2. The van der Waals surface area contributed by atoms with E-state index in [1.54, 1.807) is 0 Å². The van der Waals surface area contributed by atoms with Crippen molar-refractivity contribution in [2.24, 2.45) is 0 Å². The number of carbonyl (C=O) groups excluding carboxylic acids is 2. The molecule has 10 heteroatoms. The lowest BCUT2D eigenvalue weighted by Gasteiger charge is -2.24. The minimum absolute atomic E-state index is 0.0242. The molecule has 2 atom stereocenters. The lowest BCUT2D eigenvalue weighted by molar-refractivity contribution is -0.870. The molecule has 0 radical (unpaired) electrons. The van der Waals surface area contributed by atoms with Crippen molar-refractivity contribution in [3.63, 3.8) is 0 Å². The first-order chi connectivity index (χ1) is 32.0. The maximum atomic E-state index is 12.8. The van der Waals surface area contributed by atoms with Gasteiger partial charge in [0, 0.05) is 12.8 Å². The van der Waals surface area contributed by atoms with E-state index in [0.29, 0.717) is 23.9 Å². The molecule has 0 rings (SSSR count). The molecule has 0 spiro atoms. The molecule has 0 aliphatic carbocycles. The third kappa shape index (κ3) is 50.9. The molecule has 0 fully saturated rings. The summed E-state index contributed by atoms with van der Waals surface area (Å²) in [6.45, 7) is 4.27. The molecule has 0 aromatic rings. The second kappa shape index (κ2) is 47.5. The van der Waals surface area contributed by atoms with Gasteiger partial charge in [-0.15, -0.1) is 0 Å². The summed E-state index contributed by atoms with van der Waals surface area (Å²) in [7, 11) is 1.45. The first-order valence-electron chi connectivity index (χ1n) is 26.7. The van der Waals surface area contributed by atoms with Crippen LogP contribution < -0.4 is 0 Å². The van der Waals surface area contributed by atoms with Gasteiger partial charge in [0.15, 0.2) is 6.10 Å². The van der Waals surface area contributed by atoms with Gasteiger partial charge in [-0.1, -0.05) is 196 Å². The molecule has 0 amide bonds. The number of rotatable bonds is 48. The number of nitrogens with zero attached hydrogens (tertiary/aromatic N) is 1. The fourth-order valence-corrected chi connectivity index (χ4v) is 7.84. The van der Waals surface area contributed by atoms with Crippen molar-refractivity contribution in [3.05, 3.63) is 72.9 Å². The quantitative estimate of drug-likeness (QED) is 0.0211. The van der Waals surface area contributed by atoms with Crippen LogP contribution >= 0.6 is 7.82 Å². The fraction of sp³-hybridized carbons (Fsp3) is 0.750. The summed E-state index contributed by atoms with van der Waals surface area (Å²) in [6, 6.07) is 0. The summed E-state index contributed by atoms with van der Waals surface area (Å²) in [5, 5.41) is 0. The van der Waals surface area contributed by atoms with Crippen LogP contribution in [0.3, 0.4) is 0 Å². The molecule has 0 saturated heterocycles. The molecule has 9 nitrogen and oxygen atoms in total. The highest BCUT2D eigenvalue weighted by Crippen LogP contribution is 2.43. The van der Waals surface area contributed by atoms with E-state index in [1.807, 2.05) is 21.1 Å². The molecular weight excluding hydrogens is 846 g/mol. The number of allylic oxidation sites excluding steroid dienone is 12. The highest BCUT2D eigenvalue weighted by Gasteiger charge is 2.27. The molecule has 382 valence electrons. The Balaban J connectivity index is 4.14. The van der Waals surface area contributed by atoms with E-state index in [2.05, 4.69) is 86.8 Å². The second-order valence-corrected chi connectivity index (χ2v) is 20.3. The van der Waals surface area contributed by atoms with Gasteiger partial charge in [-0.05, 0) is 83.5 Å². The average Bonchev–Trinajstić information content (AvgIpc) is 3.27. The number of phosphoric ester groups is 1. The molecule has 2 unspecified atom stereocenters. The zero-order valence-electron chi connectivity index (χ0n) is 43.2. The number of hydrogen-bond acceptors (Lipinski definition) is 7. The molecule has 66 heavy (non-hydrogen) atoms. The van der Waals surface area contributed by atoms with Crippen LogP contribution in [-0.4, -0.2) is 74.9 Å². The summed E-state index contributed by atoms with van der Waals surface area (Å²) in [5.74, 6) is -0.834. The van der Waals surface area contributed by atoms with Crippen LogP contribution in [0.15, 0.2) is 72.9 Å². The summed E-state index contributed by atoms with van der Waals surface area (Å²) < 4.78 is 34.4. The van der Waals surface area contributed by atoms with Gasteiger partial charge >= 0.3 is 19.8 Å². The Morgan fingerprint density at radius 3 is 1.30 bits per heavy atom. The van der Waals surface area contributed by atoms with E-state index < -0.39 is 32.5 Å². The highest BCUT2D eigenvalue weighted by atomic mass is 31.2. The predicted octanol–water partition coefficient (Wildman–Crippen LogP) is 16.1. The van der Waals surface area contributed by atoms with Crippen molar-refractivity contribution < 1.29 is 42.1 Å². The molecule has 0 saturated carbocycles. The Kier molecular flexibility index (Phi) is 45.7.